The lowest BCUT2D eigenvalue weighted by Gasteiger charge is -2.19. The zero-order valence-electron chi connectivity index (χ0n) is 10.1. The van der Waals surface area contributed by atoms with Crippen LogP contribution in [-0.4, -0.2) is 20.4 Å². The van der Waals surface area contributed by atoms with Crippen LogP contribution in [0.5, 0.6) is 0 Å². The summed E-state index contributed by atoms with van der Waals surface area (Å²) in [6.45, 7) is 0. The van der Waals surface area contributed by atoms with Gasteiger partial charge in [-0.1, -0.05) is 0 Å². The third-order valence-corrected chi connectivity index (χ3v) is 4.46. The van der Waals surface area contributed by atoms with Gasteiger partial charge < -0.3 is 5.73 Å². The number of hydrogen-bond acceptors (Lipinski definition) is 4. The van der Waals surface area contributed by atoms with E-state index in [0.717, 1.165) is 4.31 Å². The van der Waals surface area contributed by atoms with Crippen molar-refractivity contribution >= 4 is 21.5 Å². The fraction of sp³-hybridized carbons (Fsp3) is 0.0833. The number of nitrogens with two attached hydrogens (primary N) is 1. The third-order valence-electron chi connectivity index (χ3n) is 2.63. The highest BCUT2D eigenvalue weighted by atomic mass is 32.2. The van der Waals surface area contributed by atoms with Crippen molar-refractivity contribution in [3.05, 3.63) is 48.4 Å². The smallest absolute Gasteiger partial charge is 0.267 e. The summed E-state index contributed by atoms with van der Waals surface area (Å²) in [6.07, 6.45) is 1.41. The molecule has 1 heterocycles. The Hall–Kier alpha value is -2.15. The fourth-order valence-electron chi connectivity index (χ4n) is 1.56. The minimum Gasteiger partial charge on any atom is -0.383 e. The first-order valence-corrected chi connectivity index (χ1v) is 6.82. The molecular formula is C12H12FN3O2S. The van der Waals surface area contributed by atoms with E-state index < -0.39 is 15.8 Å². The van der Waals surface area contributed by atoms with E-state index in [1.807, 2.05) is 0 Å². The van der Waals surface area contributed by atoms with Gasteiger partial charge in [-0.05, 0) is 36.4 Å². The maximum Gasteiger partial charge on any atom is 0.267 e. The summed E-state index contributed by atoms with van der Waals surface area (Å²) in [6, 6.07) is 7.99. The zero-order chi connectivity index (χ0) is 14.0. The Bertz CT molecular complexity index is 686. The largest absolute Gasteiger partial charge is 0.383 e. The molecule has 1 aromatic heterocycles. The summed E-state index contributed by atoms with van der Waals surface area (Å²) in [7, 11) is -2.44. The Balaban J connectivity index is 2.45. The van der Waals surface area contributed by atoms with Gasteiger partial charge in [0.2, 0.25) is 0 Å². The number of nitrogen functional groups attached to an aromatic ring is 1. The molecule has 0 radical (unpaired) electrons. The van der Waals surface area contributed by atoms with Crippen molar-refractivity contribution in [2.45, 2.75) is 4.90 Å². The molecule has 7 heteroatoms. The second-order valence-corrected chi connectivity index (χ2v) is 5.77. The minimum atomic E-state index is -3.81. The molecule has 19 heavy (non-hydrogen) atoms. The zero-order valence-corrected chi connectivity index (χ0v) is 10.9. The Morgan fingerprint density at radius 2 is 1.84 bits per heavy atom. The van der Waals surface area contributed by atoms with Crippen molar-refractivity contribution in [3.8, 4) is 0 Å². The molecule has 0 amide bonds. The first-order chi connectivity index (χ1) is 8.93. The van der Waals surface area contributed by atoms with Crippen molar-refractivity contribution in [2.75, 3.05) is 17.1 Å². The number of hydrogen-bond donors (Lipinski definition) is 1. The summed E-state index contributed by atoms with van der Waals surface area (Å²) in [4.78, 5) is 3.67. The highest BCUT2D eigenvalue weighted by Gasteiger charge is 2.24. The lowest BCUT2D eigenvalue weighted by molar-refractivity contribution is 0.594. The molecule has 0 atom stereocenters. The van der Waals surface area contributed by atoms with Crippen molar-refractivity contribution in [1.29, 1.82) is 0 Å². The topological polar surface area (TPSA) is 76.3 Å². The molecule has 5 nitrogen and oxygen atoms in total. The second-order valence-electron chi connectivity index (χ2n) is 3.84. The van der Waals surface area contributed by atoms with Crippen LogP contribution in [0.2, 0.25) is 0 Å². The van der Waals surface area contributed by atoms with Crippen LogP contribution in [-0.2, 0) is 10.0 Å². The van der Waals surface area contributed by atoms with E-state index in [9.17, 15) is 12.8 Å². The van der Waals surface area contributed by atoms with Crippen LogP contribution >= 0.6 is 0 Å². The second kappa shape index (κ2) is 4.85. The number of rotatable bonds is 3. The molecular weight excluding hydrogens is 269 g/mol. The van der Waals surface area contributed by atoms with Crippen LogP contribution in [0.1, 0.15) is 0 Å². The summed E-state index contributed by atoms with van der Waals surface area (Å²) in [5.41, 5.74) is 5.91. The predicted octanol–water partition coefficient (Wildman–Crippen LogP) is 1.63. The number of anilines is 2. The molecule has 100 valence electrons. The van der Waals surface area contributed by atoms with Crippen molar-refractivity contribution in [3.63, 3.8) is 0 Å². The quantitative estimate of drug-likeness (QED) is 0.927. The molecule has 2 rings (SSSR count). The average Bonchev–Trinajstić information content (AvgIpc) is 2.39. The maximum atomic E-state index is 12.8. The van der Waals surface area contributed by atoms with E-state index in [0.29, 0.717) is 5.69 Å². The van der Waals surface area contributed by atoms with Crippen LogP contribution < -0.4 is 10.0 Å². The maximum absolute atomic E-state index is 12.8. The fourth-order valence-corrected chi connectivity index (χ4v) is 2.82. The number of aromatic nitrogens is 1. The SMILES string of the molecule is CN(c1ccc(F)cc1)S(=O)(=O)c1cccnc1N. The summed E-state index contributed by atoms with van der Waals surface area (Å²) in [5.74, 6) is -0.507. The molecule has 2 N–H and O–H groups in total. The minimum absolute atomic E-state index is 0.0727. The van der Waals surface area contributed by atoms with Crippen LogP contribution in [0.25, 0.3) is 0 Å². The number of halogens is 1. The molecule has 0 saturated heterocycles. The Labute approximate surface area is 110 Å². The summed E-state index contributed by atoms with van der Waals surface area (Å²) >= 11 is 0. The molecule has 2 aromatic rings. The molecule has 0 unspecified atom stereocenters. The third kappa shape index (κ3) is 2.50. The van der Waals surface area contributed by atoms with Gasteiger partial charge in [-0.25, -0.2) is 17.8 Å². The van der Waals surface area contributed by atoms with E-state index >= 15 is 0 Å². The highest BCUT2D eigenvalue weighted by Crippen LogP contribution is 2.24. The number of nitrogens with zero attached hydrogens (tertiary/aromatic N) is 2. The molecule has 0 spiro atoms. The molecule has 0 aliphatic rings. The van der Waals surface area contributed by atoms with Gasteiger partial charge in [-0.3, -0.25) is 4.31 Å². The monoisotopic (exact) mass is 281 g/mol. The Morgan fingerprint density at radius 1 is 1.21 bits per heavy atom. The van der Waals surface area contributed by atoms with Gasteiger partial charge >= 0.3 is 0 Å². The van der Waals surface area contributed by atoms with E-state index in [1.54, 1.807) is 0 Å². The van der Waals surface area contributed by atoms with E-state index in [-0.39, 0.29) is 10.7 Å². The first-order valence-electron chi connectivity index (χ1n) is 5.38. The van der Waals surface area contributed by atoms with E-state index in [2.05, 4.69) is 4.98 Å². The van der Waals surface area contributed by atoms with Gasteiger partial charge in [0.25, 0.3) is 10.0 Å². The van der Waals surface area contributed by atoms with Crippen molar-refractivity contribution in [2.24, 2.45) is 0 Å². The van der Waals surface area contributed by atoms with Gasteiger partial charge in [-0.15, -0.1) is 0 Å². The predicted molar refractivity (Wildman–Crippen MR) is 70.6 cm³/mol. The van der Waals surface area contributed by atoms with Gasteiger partial charge in [0.15, 0.2) is 0 Å². The Morgan fingerprint density at radius 3 is 2.42 bits per heavy atom. The van der Waals surface area contributed by atoms with Crippen LogP contribution in [0, 0.1) is 5.82 Å². The molecule has 0 aliphatic heterocycles. The normalized spacial score (nSPS) is 11.3. The number of benzene rings is 1. The first kappa shape index (κ1) is 13.3. The van der Waals surface area contributed by atoms with Crippen LogP contribution in [0.4, 0.5) is 15.9 Å². The standard InChI is InChI=1S/C12H12FN3O2S/c1-16(10-6-4-9(13)5-7-10)19(17,18)11-3-2-8-15-12(11)14/h2-8H,1H3,(H2,14,15). The number of pyridine rings is 1. The molecule has 1 aromatic carbocycles. The van der Waals surface area contributed by atoms with Gasteiger partial charge in [0, 0.05) is 13.2 Å². The van der Waals surface area contributed by atoms with Crippen molar-refractivity contribution < 1.29 is 12.8 Å². The van der Waals surface area contributed by atoms with Crippen molar-refractivity contribution in [1.82, 2.24) is 4.98 Å². The average molecular weight is 281 g/mol. The summed E-state index contributed by atoms with van der Waals surface area (Å²) in [5, 5.41) is 0. The summed E-state index contributed by atoms with van der Waals surface area (Å²) < 4.78 is 38.6. The lowest BCUT2D eigenvalue weighted by atomic mass is 10.3. The van der Waals surface area contributed by atoms with E-state index in [1.165, 1.54) is 49.6 Å². The highest BCUT2D eigenvalue weighted by molar-refractivity contribution is 7.93. The molecule has 0 saturated carbocycles. The van der Waals surface area contributed by atoms with Gasteiger partial charge in [0.05, 0.1) is 5.69 Å². The number of sulfonamides is 1. The van der Waals surface area contributed by atoms with Gasteiger partial charge in [0.1, 0.15) is 16.5 Å². The van der Waals surface area contributed by atoms with Crippen LogP contribution in [0.15, 0.2) is 47.5 Å². The molecule has 0 aliphatic carbocycles. The van der Waals surface area contributed by atoms with E-state index in [4.69, 9.17) is 5.73 Å². The van der Waals surface area contributed by atoms with Crippen LogP contribution in [0.3, 0.4) is 0 Å². The van der Waals surface area contributed by atoms with Gasteiger partial charge in [-0.2, -0.15) is 0 Å². The lowest BCUT2D eigenvalue weighted by Crippen LogP contribution is -2.27. The Kier molecular flexibility index (Phi) is 3.39. The molecule has 0 bridgehead atoms. The molecule has 0 fully saturated rings.